The number of carbonyl (C=O) groups excluding carboxylic acids is 1. The Bertz CT molecular complexity index is 624. The second-order valence-corrected chi connectivity index (χ2v) is 4.60. The molecule has 7 heteroatoms. The molecular formula is C14H18N4O3. The van der Waals surface area contributed by atoms with E-state index < -0.39 is 0 Å². The van der Waals surface area contributed by atoms with E-state index >= 15 is 0 Å². The molecule has 0 aliphatic carbocycles. The van der Waals surface area contributed by atoms with E-state index in [0.29, 0.717) is 49.0 Å². The van der Waals surface area contributed by atoms with Crippen molar-refractivity contribution in [1.82, 2.24) is 15.1 Å². The molecule has 2 rings (SSSR count). The molecule has 7 nitrogen and oxygen atoms in total. The van der Waals surface area contributed by atoms with E-state index in [0.717, 1.165) is 5.56 Å². The van der Waals surface area contributed by atoms with Crippen molar-refractivity contribution in [3.63, 3.8) is 0 Å². The highest BCUT2D eigenvalue weighted by atomic mass is 16.5. The van der Waals surface area contributed by atoms with Crippen LogP contribution in [0, 0.1) is 6.92 Å². The van der Waals surface area contributed by atoms with Crippen molar-refractivity contribution in [1.29, 1.82) is 0 Å². The van der Waals surface area contributed by atoms with Gasteiger partial charge in [-0.15, -0.1) is 0 Å². The number of nitrogens with zero attached hydrogens (tertiary/aromatic N) is 3. The van der Waals surface area contributed by atoms with Gasteiger partial charge in [0.2, 0.25) is 11.7 Å². The largest absolute Gasteiger partial charge is 0.466 e. The van der Waals surface area contributed by atoms with Crippen LogP contribution in [-0.4, -0.2) is 27.7 Å². The number of hydrogen-bond donors (Lipinski definition) is 1. The Morgan fingerprint density at radius 1 is 1.48 bits per heavy atom. The lowest BCUT2D eigenvalue weighted by Gasteiger charge is -2.00. The lowest BCUT2D eigenvalue weighted by molar-refractivity contribution is -0.143. The molecule has 0 saturated carbocycles. The van der Waals surface area contributed by atoms with Gasteiger partial charge < -0.3 is 15.0 Å². The second-order valence-electron chi connectivity index (χ2n) is 4.60. The molecular weight excluding hydrogens is 272 g/mol. The maximum absolute atomic E-state index is 11.2. The number of rotatable bonds is 6. The minimum atomic E-state index is -0.215. The number of aromatic nitrogens is 3. The molecule has 0 amide bonds. The number of nitrogens with two attached hydrogens (primary N) is 1. The molecule has 0 spiro atoms. The predicted molar refractivity (Wildman–Crippen MR) is 76.2 cm³/mol. The number of ether oxygens (including phenoxy) is 1. The van der Waals surface area contributed by atoms with Gasteiger partial charge in [0.25, 0.3) is 0 Å². The summed E-state index contributed by atoms with van der Waals surface area (Å²) < 4.78 is 10.0. The van der Waals surface area contributed by atoms with E-state index in [2.05, 4.69) is 15.1 Å². The first-order valence-corrected chi connectivity index (χ1v) is 6.81. The van der Waals surface area contributed by atoms with Crippen LogP contribution in [0.15, 0.2) is 16.8 Å². The summed E-state index contributed by atoms with van der Waals surface area (Å²) in [6.07, 6.45) is 3.03. The summed E-state index contributed by atoms with van der Waals surface area (Å²) >= 11 is 0. The van der Waals surface area contributed by atoms with E-state index in [-0.39, 0.29) is 5.97 Å². The first-order valence-electron chi connectivity index (χ1n) is 6.81. The van der Waals surface area contributed by atoms with Crippen LogP contribution >= 0.6 is 0 Å². The quantitative estimate of drug-likeness (QED) is 0.810. The van der Waals surface area contributed by atoms with Gasteiger partial charge >= 0.3 is 5.97 Å². The van der Waals surface area contributed by atoms with E-state index in [1.54, 1.807) is 19.2 Å². The van der Waals surface area contributed by atoms with E-state index in [9.17, 15) is 4.79 Å². The molecule has 2 N–H and O–H groups in total. The molecule has 0 bridgehead atoms. The Kier molecular flexibility index (Phi) is 4.86. The molecule has 0 fully saturated rings. The molecule has 2 aromatic rings. The van der Waals surface area contributed by atoms with Gasteiger partial charge in [0.05, 0.1) is 18.5 Å². The van der Waals surface area contributed by atoms with Gasteiger partial charge in [0.15, 0.2) is 0 Å². The Hall–Kier alpha value is -2.44. The van der Waals surface area contributed by atoms with Crippen LogP contribution in [0.1, 0.15) is 31.2 Å². The Morgan fingerprint density at radius 2 is 2.29 bits per heavy atom. The van der Waals surface area contributed by atoms with Gasteiger partial charge in [-0.1, -0.05) is 5.16 Å². The molecule has 2 aromatic heterocycles. The molecule has 0 unspecified atom stereocenters. The third-order valence-electron chi connectivity index (χ3n) is 2.86. The molecule has 2 heterocycles. The molecule has 0 atom stereocenters. The minimum Gasteiger partial charge on any atom is -0.466 e. The van der Waals surface area contributed by atoms with Crippen molar-refractivity contribution in [3.05, 3.63) is 23.7 Å². The summed E-state index contributed by atoms with van der Waals surface area (Å²) in [5.74, 6) is 0.694. The van der Waals surface area contributed by atoms with Crippen molar-refractivity contribution in [2.75, 3.05) is 12.3 Å². The predicted octanol–water partition coefficient (Wildman–Crippen LogP) is 1.91. The van der Waals surface area contributed by atoms with E-state index in [1.807, 2.05) is 6.92 Å². The van der Waals surface area contributed by atoms with Gasteiger partial charge in [-0.05, 0) is 31.9 Å². The van der Waals surface area contributed by atoms with Crippen LogP contribution in [0.5, 0.6) is 0 Å². The standard InChI is InChI=1S/C14H18N4O3/c1-3-20-12(19)6-4-5-11-17-14(18-21-11)13-9(2)7-10(15)8-16-13/h7-8H,3-6,15H2,1-2H3. The first-order chi connectivity index (χ1) is 10.1. The molecule has 21 heavy (non-hydrogen) atoms. The van der Waals surface area contributed by atoms with Gasteiger partial charge in [0.1, 0.15) is 5.69 Å². The number of carbonyl (C=O) groups is 1. The third-order valence-corrected chi connectivity index (χ3v) is 2.86. The zero-order valence-electron chi connectivity index (χ0n) is 12.1. The number of nitrogen functional groups attached to an aromatic ring is 1. The summed E-state index contributed by atoms with van der Waals surface area (Å²) in [5.41, 5.74) is 7.78. The number of pyridine rings is 1. The summed E-state index contributed by atoms with van der Waals surface area (Å²) in [6, 6.07) is 1.80. The van der Waals surface area contributed by atoms with Crippen LogP contribution in [-0.2, 0) is 16.0 Å². The van der Waals surface area contributed by atoms with Gasteiger partial charge in [0, 0.05) is 12.8 Å². The minimum absolute atomic E-state index is 0.215. The SMILES string of the molecule is CCOC(=O)CCCc1nc(-c2ncc(N)cc2C)no1. The summed E-state index contributed by atoms with van der Waals surface area (Å²) in [6.45, 7) is 4.06. The van der Waals surface area contributed by atoms with E-state index in [1.165, 1.54) is 0 Å². The van der Waals surface area contributed by atoms with E-state index in [4.69, 9.17) is 15.0 Å². The lowest BCUT2D eigenvalue weighted by Crippen LogP contribution is -2.04. The number of aryl methyl sites for hydroxylation is 2. The molecule has 112 valence electrons. The third kappa shape index (κ3) is 4.01. The van der Waals surface area contributed by atoms with Crippen molar-refractivity contribution in [3.8, 4) is 11.5 Å². The normalized spacial score (nSPS) is 10.6. The highest BCUT2D eigenvalue weighted by Crippen LogP contribution is 2.19. The fourth-order valence-corrected chi connectivity index (χ4v) is 1.90. The van der Waals surface area contributed by atoms with Crippen LogP contribution in [0.25, 0.3) is 11.5 Å². The molecule has 0 saturated heterocycles. The maximum atomic E-state index is 11.2. The number of esters is 1. The Labute approximate surface area is 122 Å². The highest BCUT2D eigenvalue weighted by Gasteiger charge is 2.13. The van der Waals surface area contributed by atoms with Crippen molar-refractivity contribution >= 4 is 11.7 Å². The second kappa shape index (κ2) is 6.83. The van der Waals surface area contributed by atoms with Crippen LogP contribution in [0.4, 0.5) is 5.69 Å². The maximum Gasteiger partial charge on any atom is 0.305 e. The fraction of sp³-hybridized carbons (Fsp3) is 0.429. The van der Waals surface area contributed by atoms with Crippen LogP contribution < -0.4 is 5.73 Å². The van der Waals surface area contributed by atoms with Gasteiger partial charge in [-0.25, -0.2) is 0 Å². The zero-order valence-corrected chi connectivity index (χ0v) is 12.1. The fourth-order valence-electron chi connectivity index (χ4n) is 1.90. The van der Waals surface area contributed by atoms with Gasteiger partial charge in [-0.2, -0.15) is 4.98 Å². The van der Waals surface area contributed by atoms with Crippen molar-refractivity contribution < 1.29 is 14.1 Å². The summed E-state index contributed by atoms with van der Waals surface area (Å²) in [5, 5.41) is 3.91. The Morgan fingerprint density at radius 3 is 3.00 bits per heavy atom. The summed E-state index contributed by atoms with van der Waals surface area (Å²) in [7, 11) is 0. The average molecular weight is 290 g/mol. The van der Waals surface area contributed by atoms with Crippen molar-refractivity contribution in [2.24, 2.45) is 0 Å². The van der Waals surface area contributed by atoms with Crippen LogP contribution in [0.3, 0.4) is 0 Å². The molecule has 0 aliphatic heterocycles. The highest BCUT2D eigenvalue weighted by molar-refractivity contribution is 5.69. The van der Waals surface area contributed by atoms with Crippen LogP contribution in [0.2, 0.25) is 0 Å². The molecule has 0 radical (unpaired) electrons. The molecule has 0 aliphatic rings. The Balaban J connectivity index is 1.96. The number of anilines is 1. The van der Waals surface area contributed by atoms with Crippen molar-refractivity contribution in [2.45, 2.75) is 33.1 Å². The average Bonchev–Trinajstić information content (AvgIpc) is 2.87. The zero-order chi connectivity index (χ0) is 15.2. The molecule has 0 aromatic carbocycles. The van der Waals surface area contributed by atoms with Gasteiger partial charge in [-0.3, -0.25) is 9.78 Å². The smallest absolute Gasteiger partial charge is 0.305 e. The number of hydrogen-bond acceptors (Lipinski definition) is 7. The first kappa shape index (κ1) is 15.0. The lowest BCUT2D eigenvalue weighted by atomic mass is 10.2. The monoisotopic (exact) mass is 290 g/mol. The topological polar surface area (TPSA) is 104 Å². The summed E-state index contributed by atoms with van der Waals surface area (Å²) in [4.78, 5) is 19.7.